The van der Waals surface area contributed by atoms with Gasteiger partial charge in [-0.15, -0.1) is 0 Å². The van der Waals surface area contributed by atoms with Gasteiger partial charge in [-0.1, -0.05) is 31.2 Å². The Morgan fingerprint density at radius 1 is 1.24 bits per heavy atom. The summed E-state index contributed by atoms with van der Waals surface area (Å²) in [5.74, 6) is 0.796. The highest BCUT2D eigenvalue weighted by Crippen LogP contribution is 2.56. The van der Waals surface area contributed by atoms with Gasteiger partial charge in [0.15, 0.2) is 0 Å². The van der Waals surface area contributed by atoms with E-state index in [9.17, 15) is 4.79 Å². The number of aromatic nitrogens is 2. The predicted molar refractivity (Wildman–Crippen MR) is 113 cm³/mol. The van der Waals surface area contributed by atoms with E-state index in [4.69, 9.17) is 5.10 Å². The largest absolute Gasteiger partial charge is 0.336 e. The summed E-state index contributed by atoms with van der Waals surface area (Å²) in [7, 11) is 0. The van der Waals surface area contributed by atoms with Crippen LogP contribution in [0.2, 0.25) is 0 Å². The number of carbonyl (C=O) groups excluding carboxylic acids is 1. The van der Waals surface area contributed by atoms with Gasteiger partial charge in [0.2, 0.25) is 5.91 Å². The molecule has 1 aromatic carbocycles. The molecule has 0 radical (unpaired) electrons. The molecule has 4 heterocycles. The van der Waals surface area contributed by atoms with E-state index in [1.165, 1.54) is 16.7 Å². The van der Waals surface area contributed by atoms with Crippen molar-refractivity contribution >= 4 is 5.91 Å². The molecule has 3 atom stereocenters. The zero-order valence-electron chi connectivity index (χ0n) is 17.9. The molecule has 154 valence electrons. The van der Waals surface area contributed by atoms with E-state index in [2.05, 4.69) is 65.7 Å². The van der Waals surface area contributed by atoms with Gasteiger partial charge in [-0.3, -0.25) is 14.4 Å². The molecule has 2 aromatic rings. The normalized spacial score (nSPS) is 28.9. The Balaban J connectivity index is 1.42. The average molecular weight is 393 g/mol. The molecule has 29 heavy (non-hydrogen) atoms. The molecule has 1 amide bonds. The van der Waals surface area contributed by atoms with Gasteiger partial charge in [0, 0.05) is 43.4 Å². The number of aryl methyl sites for hydroxylation is 3. The van der Waals surface area contributed by atoms with Gasteiger partial charge in [0.1, 0.15) is 5.54 Å². The van der Waals surface area contributed by atoms with E-state index in [1.54, 1.807) is 0 Å². The minimum Gasteiger partial charge on any atom is -0.336 e. The summed E-state index contributed by atoms with van der Waals surface area (Å²) in [6, 6.07) is 8.80. The Morgan fingerprint density at radius 2 is 2.07 bits per heavy atom. The summed E-state index contributed by atoms with van der Waals surface area (Å²) in [5, 5.41) is 4.74. The fourth-order valence-electron chi connectivity index (χ4n) is 6.21. The third kappa shape index (κ3) is 2.77. The Bertz CT molecular complexity index is 935. The van der Waals surface area contributed by atoms with Crippen LogP contribution in [0.15, 0.2) is 30.5 Å². The maximum absolute atomic E-state index is 13.7. The molecule has 5 heteroatoms. The average Bonchev–Trinajstić information content (AvgIpc) is 3.41. The smallest absolute Gasteiger partial charge is 0.243 e. The van der Waals surface area contributed by atoms with Crippen LogP contribution in [0.3, 0.4) is 0 Å². The fourth-order valence-corrected chi connectivity index (χ4v) is 6.21. The lowest BCUT2D eigenvalue weighted by Crippen LogP contribution is -2.49. The number of likely N-dealkylation sites (tertiary alicyclic amines) is 1. The Kier molecular flexibility index (Phi) is 4.54. The lowest BCUT2D eigenvalue weighted by Gasteiger charge is -2.33. The van der Waals surface area contributed by atoms with E-state index in [1.807, 2.05) is 0 Å². The first-order chi connectivity index (χ1) is 14.0. The van der Waals surface area contributed by atoms with Gasteiger partial charge in [0.05, 0.1) is 5.69 Å². The molecule has 0 unspecified atom stereocenters. The van der Waals surface area contributed by atoms with Crippen LogP contribution in [0.4, 0.5) is 0 Å². The summed E-state index contributed by atoms with van der Waals surface area (Å²) in [4.78, 5) is 18.4. The molecule has 0 saturated carbocycles. The maximum atomic E-state index is 13.7. The minimum atomic E-state index is -0.271. The van der Waals surface area contributed by atoms with E-state index in [0.29, 0.717) is 17.9 Å². The lowest BCUT2D eigenvalue weighted by molar-refractivity contribution is -0.137. The quantitative estimate of drug-likeness (QED) is 0.776. The Morgan fingerprint density at radius 3 is 2.86 bits per heavy atom. The first-order valence-electron chi connectivity index (χ1n) is 11.2. The molecule has 1 aromatic heterocycles. The predicted octanol–water partition coefficient (Wildman–Crippen LogP) is 3.85. The van der Waals surface area contributed by atoms with E-state index in [-0.39, 0.29) is 5.54 Å². The van der Waals surface area contributed by atoms with Crippen LogP contribution in [0, 0.1) is 19.8 Å². The summed E-state index contributed by atoms with van der Waals surface area (Å²) < 4.78 is 2.09. The number of rotatable bonds is 5. The first kappa shape index (κ1) is 18.9. The van der Waals surface area contributed by atoms with Crippen molar-refractivity contribution in [1.29, 1.82) is 0 Å². The number of hydrogen-bond acceptors (Lipinski definition) is 3. The van der Waals surface area contributed by atoms with Crippen molar-refractivity contribution in [3.63, 3.8) is 0 Å². The van der Waals surface area contributed by atoms with Crippen molar-refractivity contribution in [1.82, 2.24) is 19.6 Å². The second-order valence-electron chi connectivity index (χ2n) is 9.21. The first-order valence-corrected chi connectivity index (χ1v) is 11.2. The molecule has 0 aliphatic carbocycles. The highest BCUT2D eigenvalue weighted by Gasteiger charge is 2.65. The van der Waals surface area contributed by atoms with Gasteiger partial charge >= 0.3 is 0 Å². The van der Waals surface area contributed by atoms with Crippen molar-refractivity contribution in [3.05, 3.63) is 52.8 Å². The van der Waals surface area contributed by atoms with Crippen molar-refractivity contribution in [2.75, 3.05) is 13.1 Å². The number of amides is 1. The van der Waals surface area contributed by atoms with Crippen LogP contribution in [0.25, 0.3) is 0 Å². The molecule has 5 rings (SSSR count). The van der Waals surface area contributed by atoms with Gasteiger partial charge in [-0.2, -0.15) is 5.10 Å². The number of hydrogen-bond donors (Lipinski definition) is 0. The van der Waals surface area contributed by atoms with Gasteiger partial charge in [-0.05, 0) is 57.2 Å². The van der Waals surface area contributed by atoms with Crippen LogP contribution in [-0.2, 0) is 17.9 Å². The van der Waals surface area contributed by atoms with Gasteiger partial charge in [0.25, 0.3) is 0 Å². The third-order valence-electron chi connectivity index (χ3n) is 7.55. The second kappa shape index (κ2) is 6.98. The monoisotopic (exact) mass is 392 g/mol. The molecular formula is C24H32N4O. The van der Waals surface area contributed by atoms with E-state index >= 15 is 0 Å². The van der Waals surface area contributed by atoms with Crippen LogP contribution < -0.4 is 0 Å². The van der Waals surface area contributed by atoms with Crippen LogP contribution in [-0.4, -0.2) is 44.1 Å². The number of benzene rings is 1. The minimum absolute atomic E-state index is 0.271. The van der Waals surface area contributed by atoms with E-state index in [0.717, 1.165) is 57.6 Å². The van der Waals surface area contributed by atoms with Crippen LogP contribution in [0.5, 0.6) is 0 Å². The van der Waals surface area contributed by atoms with E-state index < -0.39 is 0 Å². The highest BCUT2D eigenvalue weighted by atomic mass is 16.2. The third-order valence-corrected chi connectivity index (χ3v) is 7.55. The summed E-state index contributed by atoms with van der Waals surface area (Å²) in [6.07, 6.45) is 6.55. The zero-order valence-corrected chi connectivity index (χ0v) is 17.9. The molecule has 3 aliphatic heterocycles. The summed E-state index contributed by atoms with van der Waals surface area (Å²) in [6.45, 7) is 10.1. The number of nitrogens with zero attached hydrogens (tertiary/aromatic N) is 4. The van der Waals surface area contributed by atoms with Crippen molar-refractivity contribution < 1.29 is 4.79 Å². The molecule has 5 nitrogen and oxygen atoms in total. The molecule has 3 fully saturated rings. The molecule has 0 bridgehead atoms. The molecular weight excluding hydrogens is 360 g/mol. The molecule has 0 N–H and O–H groups in total. The Labute approximate surface area is 173 Å². The maximum Gasteiger partial charge on any atom is 0.243 e. The zero-order chi connectivity index (χ0) is 20.2. The van der Waals surface area contributed by atoms with Gasteiger partial charge < -0.3 is 4.90 Å². The highest BCUT2D eigenvalue weighted by molar-refractivity contribution is 5.90. The van der Waals surface area contributed by atoms with Crippen molar-refractivity contribution in [2.45, 2.75) is 71.1 Å². The van der Waals surface area contributed by atoms with Gasteiger partial charge in [-0.25, -0.2) is 0 Å². The Hall–Kier alpha value is -2.14. The molecule has 3 saturated heterocycles. The summed E-state index contributed by atoms with van der Waals surface area (Å²) in [5.41, 5.74) is 4.75. The molecule has 3 aliphatic rings. The standard InChI is InChI=1S/C24H32N4O/c1-4-11-27-16-21(18(3)25-27)22-13-20-15-26(14-19-9-6-5-8-17(19)2)23(29)24(20)10-7-12-28(22)24/h5-6,8-9,16,20,22H,4,7,10-15H2,1-3H3/t20-,22-,24-/m0/s1. The van der Waals surface area contributed by atoms with Crippen LogP contribution in [0.1, 0.15) is 61.0 Å². The van der Waals surface area contributed by atoms with Crippen molar-refractivity contribution in [2.24, 2.45) is 5.92 Å². The fraction of sp³-hybridized carbons (Fsp3) is 0.583. The summed E-state index contributed by atoms with van der Waals surface area (Å²) >= 11 is 0. The second-order valence-corrected chi connectivity index (χ2v) is 9.21. The molecule has 1 spiro atoms. The van der Waals surface area contributed by atoms with Crippen LogP contribution >= 0.6 is 0 Å². The number of carbonyl (C=O) groups is 1. The van der Waals surface area contributed by atoms with Crippen molar-refractivity contribution in [3.8, 4) is 0 Å². The topological polar surface area (TPSA) is 41.4 Å². The SMILES string of the molecule is CCCn1cc([C@@H]2C[C@H]3CN(Cc4ccccc4C)C(=O)[C@]34CCCN24)c(C)n1. The lowest BCUT2D eigenvalue weighted by atomic mass is 9.85.